The molecule has 2 aromatic carbocycles. The molecule has 0 radical (unpaired) electrons. The van der Waals surface area contributed by atoms with Crippen molar-refractivity contribution in [1.82, 2.24) is 8.87 Å². The van der Waals surface area contributed by atoms with Crippen molar-refractivity contribution in [3.8, 4) is 6.07 Å². The fraction of sp³-hybridized carbons (Fsp3) is 0.379. The first-order valence-corrected chi connectivity index (χ1v) is 15.0. The zero-order valence-corrected chi connectivity index (χ0v) is 23.0. The van der Waals surface area contributed by atoms with Crippen LogP contribution in [0.5, 0.6) is 0 Å². The summed E-state index contributed by atoms with van der Waals surface area (Å²) in [6, 6.07) is 15.0. The van der Waals surface area contributed by atoms with Gasteiger partial charge in [-0.25, -0.2) is 17.2 Å². The number of ether oxygens (including phenoxy) is 1. The number of furan rings is 1. The van der Waals surface area contributed by atoms with E-state index in [0.29, 0.717) is 23.3 Å². The van der Waals surface area contributed by atoms with E-state index in [1.165, 1.54) is 10.2 Å². The molecular formula is C29H32N4O5S. The third-order valence-electron chi connectivity index (χ3n) is 7.22. The van der Waals surface area contributed by atoms with E-state index in [0.717, 1.165) is 74.0 Å². The summed E-state index contributed by atoms with van der Waals surface area (Å²) in [5.74, 6) is -0.225. The maximum Gasteiger partial charge on any atom is 0.374 e. The summed E-state index contributed by atoms with van der Waals surface area (Å²) >= 11 is 0. The molecule has 3 heterocycles. The van der Waals surface area contributed by atoms with Crippen molar-refractivity contribution < 1.29 is 22.4 Å². The Morgan fingerprint density at radius 2 is 1.87 bits per heavy atom. The van der Waals surface area contributed by atoms with Gasteiger partial charge in [0.2, 0.25) is 15.8 Å². The van der Waals surface area contributed by atoms with Crippen molar-refractivity contribution in [3.63, 3.8) is 0 Å². The number of aryl methyl sites for hydroxylation is 1. The second kappa shape index (κ2) is 11.1. The molecule has 0 unspecified atom stereocenters. The van der Waals surface area contributed by atoms with Gasteiger partial charge in [0.1, 0.15) is 5.58 Å². The molecule has 2 aromatic heterocycles. The van der Waals surface area contributed by atoms with Crippen LogP contribution in [0.15, 0.2) is 53.1 Å². The largest absolute Gasteiger partial charge is 0.460 e. The molecule has 0 spiro atoms. The molecule has 1 aliphatic rings. The van der Waals surface area contributed by atoms with Crippen LogP contribution in [0.4, 0.5) is 5.69 Å². The SMILES string of the molecule is CCOC(=O)c1cc2cc(N3CCN(CCCCc4cn(S(C)(=O)=O)c5ccc(C#N)cc45)CC3)ccc2o1. The highest BCUT2D eigenvalue weighted by Crippen LogP contribution is 2.28. The summed E-state index contributed by atoms with van der Waals surface area (Å²) in [6.45, 7) is 6.78. The van der Waals surface area contributed by atoms with Crippen molar-refractivity contribution in [2.45, 2.75) is 26.2 Å². The van der Waals surface area contributed by atoms with Crippen LogP contribution in [0.2, 0.25) is 0 Å². The summed E-state index contributed by atoms with van der Waals surface area (Å²) in [5.41, 5.74) is 3.88. The highest BCUT2D eigenvalue weighted by molar-refractivity contribution is 7.89. The summed E-state index contributed by atoms with van der Waals surface area (Å²) in [7, 11) is -3.43. The second-order valence-electron chi connectivity index (χ2n) is 9.90. The Bertz CT molecular complexity index is 1660. The zero-order chi connectivity index (χ0) is 27.6. The maximum atomic E-state index is 12.3. The molecule has 1 saturated heterocycles. The van der Waals surface area contributed by atoms with E-state index < -0.39 is 16.0 Å². The van der Waals surface area contributed by atoms with Crippen LogP contribution in [0.25, 0.3) is 21.9 Å². The first-order valence-electron chi connectivity index (χ1n) is 13.2. The molecule has 1 aliphatic heterocycles. The van der Waals surface area contributed by atoms with Gasteiger partial charge in [-0.2, -0.15) is 5.26 Å². The van der Waals surface area contributed by atoms with Gasteiger partial charge in [-0.05, 0) is 80.8 Å². The number of carbonyl (C=O) groups is 1. The summed E-state index contributed by atoms with van der Waals surface area (Å²) in [4.78, 5) is 16.8. The Labute approximate surface area is 228 Å². The molecule has 4 aromatic rings. The monoisotopic (exact) mass is 548 g/mol. The molecule has 0 aliphatic carbocycles. The van der Waals surface area contributed by atoms with Crippen LogP contribution in [0, 0.1) is 11.3 Å². The number of benzene rings is 2. The zero-order valence-electron chi connectivity index (χ0n) is 22.2. The van der Waals surface area contributed by atoms with Crippen LogP contribution < -0.4 is 4.90 Å². The number of nitrogens with zero attached hydrogens (tertiary/aromatic N) is 4. The molecule has 39 heavy (non-hydrogen) atoms. The second-order valence-corrected chi connectivity index (χ2v) is 11.8. The van der Waals surface area contributed by atoms with Gasteiger partial charge in [0.15, 0.2) is 0 Å². The number of carbonyl (C=O) groups excluding carboxylic acids is 1. The average Bonchev–Trinajstić information content (AvgIpc) is 3.52. The van der Waals surface area contributed by atoms with E-state index >= 15 is 0 Å². The van der Waals surface area contributed by atoms with E-state index in [1.54, 1.807) is 37.4 Å². The van der Waals surface area contributed by atoms with Crippen molar-refractivity contribution in [2.75, 3.05) is 50.5 Å². The van der Waals surface area contributed by atoms with E-state index in [-0.39, 0.29) is 5.76 Å². The van der Waals surface area contributed by atoms with Gasteiger partial charge < -0.3 is 14.1 Å². The highest BCUT2D eigenvalue weighted by Gasteiger charge is 2.20. The summed E-state index contributed by atoms with van der Waals surface area (Å²) < 4.78 is 36.5. The molecule has 0 N–H and O–H groups in total. The van der Waals surface area contributed by atoms with E-state index in [4.69, 9.17) is 9.15 Å². The molecule has 0 bridgehead atoms. The lowest BCUT2D eigenvalue weighted by molar-refractivity contribution is 0.0492. The maximum absolute atomic E-state index is 12.3. The number of fused-ring (bicyclic) bond motifs is 2. The number of hydrogen-bond acceptors (Lipinski definition) is 8. The molecule has 0 saturated carbocycles. The smallest absolute Gasteiger partial charge is 0.374 e. The third kappa shape index (κ3) is 5.79. The predicted molar refractivity (Wildman–Crippen MR) is 151 cm³/mol. The van der Waals surface area contributed by atoms with Gasteiger partial charge in [-0.15, -0.1) is 0 Å². The standard InChI is InChI=1S/C29H32N4O5S/c1-3-37-29(34)28-18-23-17-24(8-10-27(23)38-28)32-14-12-31(13-15-32)11-5-4-6-22-20-33(39(2,35)36)26-9-7-21(19-30)16-25(22)26/h7-10,16-18,20H,3-6,11-15H2,1-2H3. The molecule has 10 heteroatoms. The van der Waals surface area contributed by atoms with Gasteiger partial charge in [-0.3, -0.25) is 4.90 Å². The Morgan fingerprint density at radius 3 is 2.59 bits per heavy atom. The van der Waals surface area contributed by atoms with Crippen molar-refractivity contribution >= 4 is 43.6 Å². The Balaban J connectivity index is 1.15. The van der Waals surface area contributed by atoms with Gasteiger partial charge in [0, 0.05) is 48.8 Å². The highest BCUT2D eigenvalue weighted by atomic mass is 32.2. The van der Waals surface area contributed by atoms with Crippen LogP contribution in [0.3, 0.4) is 0 Å². The van der Waals surface area contributed by atoms with Crippen LogP contribution in [0.1, 0.15) is 41.4 Å². The third-order valence-corrected chi connectivity index (χ3v) is 8.24. The Kier molecular flexibility index (Phi) is 7.64. The van der Waals surface area contributed by atoms with Crippen LogP contribution in [-0.2, 0) is 21.2 Å². The van der Waals surface area contributed by atoms with Crippen molar-refractivity contribution in [1.29, 1.82) is 5.26 Å². The fourth-order valence-corrected chi connectivity index (χ4v) is 6.06. The Morgan fingerprint density at radius 1 is 1.08 bits per heavy atom. The molecule has 5 rings (SSSR count). The molecule has 0 atom stereocenters. The molecule has 0 amide bonds. The number of unbranched alkanes of at least 4 members (excludes halogenated alkanes) is 1. The van der Waals surface area contributed by atoms with E-state index in [1.807, 2.05) is 12.1 Å². The minimum atomic E-state index is -3.43. The lowest BCUT2D eigenvalue weighted by atomic mass is 10.1. The molecule has 204 valence electrons. The topological polar surface area (TPSA) is 109 Å². The number of aromatic nitrogens is 1. The van der Waals surface area contributed by atoms with Crippen LogP contribution in [-0.4, -0.2) is 68.8 Å². The van der Waals surface area contributed by atoms with E-state index in [2.05, 4.69) is 21.9 Å². The van der Waals surface area contributed by atoms with E-state index in [9.17, 15) is 18.5 Å². The molecule has 1 fully saturated rings. The number of rotatable bonds is 9. The minimum Gasteiger partial charge on any atom is -0.460 e. The average molecular weight is 549 g/mol. The molecular weight excluding hydrogens is 516 g/mol. The number of nitriles is 1. The lowest BCUT2D eigenvalue weighted by Crippen LogP contribution is -2.46. The first-order chi connectivity index (χ1) is 18.8. The number of piperazine rings is 1. The van der Waals surface area contributed by atoms with Crippen LogP contribution >= 0.6 is 0 Å². The minimum absolute atomic E-state index is 0.222. The summed E-state index contributed by atoms with van der Waals surface area (Å²) in [5, 5.41) is 11.0. The predicted octanol–water partition coefficient (Wildman–Crippen LogP) is 4.39. The number of hydrogen-bond donors (Lipinski definition) is 0. The molecule has 9 nitrogen and oxygen atoms in total. The normalized spacial score (nSPS) is 14.6. The summed E-state index contributed by atoms with van der Waals surface area (Å²) in [6.07, 6.45) is 5.59. The number of anilines is 1. The van der Waals surface area contributed by atoms with Crippen molar-refractivity contribution in [2.24, 2.45) is 0 Å². The van der Waals surface area contributed by atoms with Crippen molar-refractivity contribution in [3.05, 3.63) is 65.5 Å². The van der Waals surface area contributed by atoms with Gasteiger partial charge >= 0.3 is 5.97 Å². The van der Waals surface area contributed by atoms with Gasteiger partial charge in [-0.1, -0.05) is 0 Å². The first kappa shape index (κ1) is 26.8. The van der Waals surface area contributed by atoms with Gasteiger partial charge in [0.05, 0.1) is 30.0 Å². The van der Waals surface area contributed by atoms with Gasteiger partial charge in [0.25, 0.3) is 0 Å². The quantitative estimate of drug-likeness (QED) is 0.224. The number of esters is 1. The Hall–Kier alpha value is -3.81. The lowest BCUT2D eigenvalue weighted by Gasteiger charge is -2.36. The fourth-order valence-electron chi connectivity index (χ4n) is 5.22.